The van der Waals surface area contributed by atoms with Crippen molar-refractivity contribution in [3.63, 3.8) is 0 Å². The lowest BCUT2D eigenvalue weighted by Gasteiger charge is -2.19. The van der Waals surface area contributed by atoms with Crippen LogP contribution in [0, 0.1) is 12.7 Å². The lowest BCUT2D eigenvalue weighted by molar-refractivity contribution is 0.391. The predicted octanol–water partition coefficient (Wildman–Crippen LogP) is 2.96. The molecule has 1 atom stereocenters. The number of nitrogens with zero attached hydrogens (tertiary/aromatic N) is 6. The summed E-state index contributed by atoms with van der Waals surface area (Å²) < 4.78 is 54.8. The molecule has 0 radical (unpaired) electrons. The largest absolute Gasteiger partial charge is 0.494 e. The van der Waals surface area contributed by atoms with Crippen molar-refractivity contribution in [2.45, 2.75) is 25.5 Å². The molecule has 0 aliphatic carbocycles. The molecule has 188 valence electrons. The fraction of sp³-hybridized carbons (Fsp3) is 0.261. The average molecular weight is 514 g/mol. The van der Waals surface area contributed by atoms with Crippen LogP contribution in [0.15, 0.2) is 49.1 Å². The Balaban J connectivity index is 1.81. The van der Waals surface area contributed by atoms with E-state index in [2.05, 4.69) is 29.9 Å². The summed E-state index contributed by atoms with van der Waals surface area (Å²) in [6.45, 7) is 3.37. The van der Waals surface area contributed by atoms with E-state index < -0.39 is 21.1 Å². The van der Waals surface area contributed by atoms with Gasteiger partial charge in [-0.2, -0.15) is 0 Å². The van der Waals surface area contributed by atoms with Crippen molar-refractivity contribution in [2.24, 2.45) is 0 Å². The summed E-state index contributed by atoms with van der Waals surface area (Å²) in [7, 11) is -1.03. The summed E-state index contributed by atoms with van der Waals surface area (Å²) in [5, 5.41) is 7.42. The molecule has 0 saturated heterocycles. The Morgan fingerprint density at radius 2 is 1.72 bits per heavy atom. The highest BCUT2D eigenvalue weighted by Crippen LogP contribution is 2.37. The highest BCUT2D eigenvalue weighted by Gasteiger charge is 2.28. The molecule has 3 heterocycles. The van der Waals surface area contributed by atoms with E-state index in [1.165, 1.54) is 25.7 Å². The number of aromatic nitrogens is 6. The Kier molecular flexibility index (Phi) is 7.10. The average Bonchev–Trinajstić information content (AvgIpc) is 3.27. The molecule has 0 fully saturated rings. The highest BCUT2D eigenvalue weighted by atomic mass is 32.2. The summed E-state index contributed by atoms with van der Waals surface area (Å²) in [4.78, 5) is 11.9. The molecule has 13 heteroatoms. The van der Waals surface area contributed by atoms with Crippen molar-refractivity contribution in [3.8, 4) is 28.6 Å². The van der Waals surface area contributed by atoms with Crippen LogP contribution < -0.4 is 14.2 Å². The molecular formula is C23H24FN7O4S. The zero-order chi connectivity index (χ0) is 25.9. The molecule has 11 nitrogen and oxygen atoms in total. The fourth-order valence-electron chi connectivity index (χ4n) is 3.52. The number of sulfonamides is 1. The molecule has 0 bridgehead atoms. The number of benzene rings is 1. The molecule has 0 spiro atoms. The van der Waals surface area contributed by atoms with Crippen LogP contribution in [0.4, 0.5) is 10.3 Å². The van der Waals surface area contributed by atoms with E-state index in [0.717, 1.165) is 18.0 Å². The van der Waals surface area contributed by atoms with E-state index in [9.17, 15) is 12.8 Å². The molecule has 36 heavy (non-hydrogen) atoms. The zero-order valence-electron chi connectivity index (χ0n) is 20.0. The molecule has 4 aromatic rings. The van der Waals surface area contributed by atoms with Crippen LogP contribution in [0.3, 0.4) is 0 Å². The van der Waals surface area contributed by atoms with Gasteiger partial charge in [0.2, 0.25) is 16.0 Å². The van der Waals surface area contributed by atoms with Crippen molar-refractivity contribution >= 4 is 16.0 Å². The van der Waals surface area contributed by atoms with Crippen LogP contribution in [-0.4, -0.2) is 57.6 Å². The van der Waals surface area contributed by atoms with E-state index in [0.29, 0.717) is 28.6 Å². The number of ether oxygens (including phenoxy) is 2. The van der Waals surface area contributed by atoms with Gasteiger partial charge in [-0.25, -0.2) is 22.8 Å². The lowest BCUT2D eigenvalue weighted by atomic mass is 10.2. The molecule has 0 aliphatic rings. The molecule has 0 saturated carbocycles. The van der Waals surface area contributed by atoms with Gasteiger partial charge in [0.25, 0.3) is 0 Å². The van der Waals surface area contributed by atoms with Crippen LogP contribution in [0.5, 0.6) is 11.5 Å². The number of anilines is 1. The van der Waals surface area contributed by atoms with Crippen molar-refractivity contribution in [2.75, 3.05) is 18.9 Å². The lowest BCUT2D eigenvalue weighted by Crippen LogP contribution is -2.29. The highest BCUT2D eigenvalue weighted by molar-refractivity contribution is 7.93. The van der Waals surface area contributed by atoms with Crippen molar-refractivity contribution in [3.05, 3.63) is 66.3 Å². The summed E-state index contributed by atoms with van der Waals surface area (Å²) in [5.74, 6) is 0.633. The third-order valence-electron chi connectivity index (χ3n) is 5.33. The maximum Gasteiger partial charge on any atom is 0.243 e. The van der Waals surface area contributed by atoms with Crippen LogP contribution in [0.1, 0.15) is 18.3 Å². The molecule has 3 aromatic heterocycles. The molecule has 1 N–H and O–H groups in total. The van der Waals surface area contributed by atoms with Crippen molar-refractivity contribution in [1.29, 1.82) is 0 Å². The minimum Gasteiger partial charge on any atom is -0.494 e. The van der Waals surface area contributed by atoms with Crippen molar-refractivity contribution in [1.82, 2.24) is 29.7 Å². The first-order chi connectivity index (χ1) is 17.2. The minimum atomic E-state index is -4.01. The van der Waals surface area contributed by atoms with Crippen LogP contribution in [0.25, 0.3) is 17.1 Å². The minimum absolute atomic E-state index is 0.0453. The molecule has 0 aliphatic heterocycles. The second-order valence-electron chi connectivity index (χ2n) is 7.92. The molecule has 0 amide bonds. The Hall–Kier alpha value is -4.13. The topological polar surface area (TPSA) is 134 Å². The number of para-hydroxylation sites is 1. The standard InChI is InChI=1S/C23H24FN7O4S/c1-14-8-16(11-25-10-14)22-28-29-23(31(22)21-18(34-3)6-5-7-19(21)35-4)30-36(32,33)15(2)9-20-26-12-17(24)13-27-20/h5-8,10-13,15H,9H2,1-4H3,(H,29,30). The number of aryl methyl sites for hydroxylation is 1. The van der Waals surface area contributed by atoms with Gasteiger partial charge in [0.1, 0.15) is 23.0 Å². The summed E-state index contributed by atoms with van der Waals surface area (Å²) in [6.07, 6.45) is 5.22. The molecule has 4 rings (SSSR count). The van der Waals surface area contributed by atoms with Gasteiger partial charge >= 0.3 is 0 Å². The van der Waals surface area contributed by atoms with Gasteiger partial charge in [-0.05, 0) is 37.6 Å². The van der Waals surface area contributed by atoms with Gasteiger partial charge in [0.05, 0.1) is 31.9 Å². The number of halogens is 1. The van der Waals surface area contributed by atoms with Crippen LogP contribution in [-0.2, 0) is 16.4 Å². The SMILES string of the molecule is COc1cccc(OC)c1-n1c(NS(=O)(=O)C(C)Cc2ncc(F)cn2)nnc1-c1cncc(C)c1. The summed E-state index contributed by atoms with van der Waals surface area (Å²) in [5.41, 5.74) is 1.88. The number of nitrogens with one attached hydrogen (secondary N) is 1. The number of rotatable bonds is 9. The molecular weight excluding hydrogens is 489 g/mol. The quantitative estimate of drug-likeness (QED) is 0.358. The van der Waals surface area contributed by atoms with E-state index in [-0.39, 0.29) is 18.2 Å². The fourth-order valence-corrected chi connectivity index (χ4v) is 4.47. The second kappa shape index (κ2) is 10.2. The monoisotopic (exact) mass is 513 g/mol. The maximum atomic E-state index is 13.3. The summed E-state index contributed by atoms with van der Waals surface area (Å²) >= 11 is 0. The Labute approximate surface area is 207 Å². The van der Waals surface area contributed by atoms with E-state index in [1.54, 1.807) is 30.6 Å². The van der Waals surface area contributed by atoms with Crippen LogP contribution in [0.2, 0.25) is 0 Å². The molecule has 1 unspecified atom stereocenters. The maximum absolute atomic E-state index is 13.3. The van der Waals surface area contributed by atoms with Gasteiger partial charge in [-0.3, -0.25) is 14.3 Å². The van der Waals surface area contributed by atoms with Gasteiger partial charge < -0.3 is 9.47 Å². The third kappa shape index (κ3) is 5.10. The number of methoxy groups -OCH3 is 2. The van der Waals surface area contributed by atoms with E-state index >= 15 is 0 Å². The smallest absolute Gasteiger partial charge is 0.243 e. The van der Waals surface area contributed by atoms with Gasteiger partial charge in [0.15, 0.2) is 11.6 Å². The number of hydrogen-bond acceptors (Lipinski definition) is 9. The normalized spacial score (nSPS) is 12.2. The number of pyridine rings is 1. The summed E-state index contributed by atoms with van der Waals surface area (Å²) in [6, 6.07) is 7.02. The first kappa shape index (κ1) is 25.0. The Morgan fingerprint density at radius 3 is 2.33 bits per heavy atom. The van der Waals surface area contributed by atoms with Crippen molar-refractivity contribution < 1.29 is 22.3 Å². The van der Waals surface area contributed by atoms with Gasteiger partial charge in [0, 0.05) is 24.4 Å². The first-order valence-electron chi connectivity index (χ1n) is 10.8. The number of hydrogen-bond donors (Lipinski definition) is 1. The van der Waals surface area contributed by atoms with E-state index in [1.807, 2.05) is 13.0 Å². The van der Waals surface area contributed by atoms with Crippen LogP contribution >= 0.6 is 0 Å². The second-order valence-corrected chi connectivity index (χ2v) is 10.0. The van der Waals surface area contributed by atoms with E-state index in [4.69, 9.17) is 9.47 Å². The van der Waals surface area contributed by atoms with Gasteiger partial charge in [-0.15, -0.1) is 10.2 Å². The Morgan fingerprint density at radius 1 is 1.06 bits per heavy atom. The zero-order valence-corrected chi connectivity index (χ0v) is 20.8. The Bertz CT molecular complexity index is 1450. The predicted molar refractivity (Wildman–Crippen MR) is 130 cm³/mol. The van der Waals surface area contributed by atoms with Gasteiger partial charge in [-0.1, -0.05) is 6.07 Å². The third-order valence-corrected chi connectivity index (χ3v) is 7.02. The first-order valence-corrected chi connectivity index (χ1v) is 12.3. The molecule has 1 aromatic carbocycles.